The van der Waals surface area contributed by atoms with Crippen molar-refractivity contribution < 1.29 is 38.9 Å². The summed E-state index contributed by atoms with van der Waals surface area (Å²) in [5.74, 6) is -2.07. The number of anilines is 2. The number of hydrogen-bond donors (Lipinski definition) is 4. The molecule has 4 rings (SSSR count). The molecule has 0 aromatic heterocycles. The van der Waals surface area contributed by atoms with Gasteiger partial charge in [-0.15, -0.1) is 11.8 Å². The van der Waals surface area contributed by atoms with Crippen molar-refractivity contribution in [2.75, 3.05) is 24.3 Å². The monoisotopic (exact) mass is 735 g/mol. The first kappa shape index (κ1) is 39.3. The molecule has 3 aromatic carbocycles. The van der Waals surface area contributed by atoms with Gasteiger partial charge < -0.3 is 25.6 Å². The summed E-state index contributed by atoms with van der Waals surface area (Å²) >= 11 is 2.40. The van der Waals surface area contributed by atoms with Gasteiger partial charge in [0, 0.05) is 23.5 Å². The molecule has 0 saturated heterocycles. The maximum absolute atomic E-state index is 14.7. The van der Waals surface area contributed by atoms with E-state index in [9.17, 15) is 29.1 Å². The molecule has 1 heterocycles. The minimum absolute atomic E-state index is 0.0151. The van der Waals surface area contributed by atoms with E-state index in [0.717, 1.165) is 37.4 Å². The number of carbonyl (C=O) groups excluding carboxylic acids is 4. The van der Waals surface area contributed by atoms with Crippen LogP contribution in [0.3, 0.4) is 0 Å². The summed E-state index contributed by atoms with van der Waals surface area (Å²) in [5, 5.41) is 23.8. The van der Waals surface area contributed by atoms with E-state index in [1.807, 2.05) is 56.5 Å². The van der Waals surface area contributed by atoms with Crippen LogP contribution in [-0.4, -0.2) is 58.4 Å². The number of carboxylic acid groups (broad SMARTS) is 1. The smallest absolute Gasteiger partial charge is 0.303 e. The van der Waals surface area contributed by atoms with E-state index < -0.39 is 35.8 Å². The second-order valence-electron chi connectivity index (χ2n) is 12.3. The van der Waals surface area contributed by atoms with Gasteiger partial charge in [-0.2, -0.15) is 0 Å². The summed E-state index contributed by atoms with van der Waals surface area (Å²) < 4.78 is 6.04. The predicted molar refractivity (Wildman–Crippen MR) is 199 cm³/mol. The van der Waals surface area contributed by atoms with E-state index in [0.29, 0.717) is 45.3 Å². The van der Waals surface area contributed by atoms with Gasteiger partial charge in [-0.05, 0) is 79.2 Å². The number of aliphatic carboxylic acids is 1. The van der Waals surface area contributed by atoms with Gasteiger partial charge >= 0.3 is 5.97 Å². The number of hydrogen-bond acceptors (Lipinski definition) is 9. The Kier molecular flexibility index (Phi) is 14.4. The van der Waals surface area contributed by atoms with E-state index in [-0.39, 0.29) is 36.2 Å². The highest BCUT2D eigenvalue weighted by molar-refractivity contribution is 8.14. The molecule has 0 unspecified atom stereocenters. The fourth-order valence-corrected chi connectivity index (χ4v) is 7.52. The lowest BCUT2D eigenvalue weighted by Gasteiger charge is -2.34. The lowest BCUT2D eigenvalue weighted by molar-refractivity contribution is -0.138. The standard InChI is InChI=1S/C38H45N3O8S2/c1-4-6-19-38(20-7-5-2)36(47)41(26-12-9-8-10-13-26)28-22-31(50-3)29(23-30(28)51-37(38)48)49-24-32(43)40-34(25-15-17-27(42)18-16-25)35(46)39-21-11-14-33(44)45/h8-10,12-13,15-18,22-23,34,42H,4-7,11,14,19-21,24H2,1-3H3,(H,39,46)(H,40,43)(H,44,45)/t34-/m1/s1. The quantitative estimate of drug-likeness (QED) is 0.0608. The molecule has 4 N–H and O–H groups in total. The Bertz CT molecular complexity index is 1690. The number of para-hydroxylation sites is 1. The number of benzene rings is 3. The van der Waals surface area contributed by atoms with Crippen molar-refractivity contribution in [2.45, 2.75) is 81.0 Å². The number of thioether (sulfide) groups is 2. The number of unbranched alkanes of at least 4 members (excludes halogenated alkanes) is 2. The second kappa shape index (κ2) is 18.7. The normalized spacial score (nSPS) is 14.3. The number of nitrogens with one attached hydrogen (secondary N) is 2. The predicted octanol–water partition coefficient (Wildman–Crippen LogP) is 7.00. The average Bonchev–Trinajstić information content (AvgIpc) is 3.21. The Morgan fingerprint density at radius 3 is 2.24 bits per heavy atom. The van der Waals surface area contributed by atoms with Crippen molar-refractivity contribution in [1.29, 1.82) is 0 Å². The summed E-state index contributed by atoms with van der Waals surface area (Å²) in [5.41, 5.74) is 0.413. The van der Waals surface area contributed by atoms with Crippen molar-refractivity contribution in [3.8, 4) is 11.5 Å². The van der Waals surface area contributed by atoms with Crippen molar-refractivity contribution in [3.05, 3.63) is 72.3 Å². The highest BCUT2D eigenvalue weighted by Gasteiger charge is 2.50. The number of aromatic hydroxyl groups is 1. The first-order valence-corrected chi connectivity index (χ1v) is 19.1. The molecule has 13 heteroatoms. The van der Waals surface area contributed by atoms with Crippen LogP contribution in [0.25, 0.3) is 0 Å². The molecule has 3 amide bonds. The molecule has 1 aliphatic rings. The van der Waals surface area contributed by atoms with Crippen LogP contribution in [0.2, 0.25) is 0 Å². The number of fused-ring (bicyclic) bond motifs is 1. The third-order valence-electron chi connectivity index (χ3n) is 8.64. The second-order valence-corrected chi connectivity index (χ2v) is 14.2. The summed E-state index contributed by atoms with van der Waals surface area (Å²) in [6.07, 6.45) is 5.96. The lowest BCUT2D eigenvalue weighted by atomic mass is 9.77. The number of phenols is 1. The maximum atomic E-state index is 14.7. The highest BCUT2D eigenvalue weighted by atomic mass is 32.2. The van der Waals surface area contributed by atoms with E-state index in [1.165, 1.54) is 36.0 Å². The van der Waals surface area contributed by atoms with E-state index in [2.05, 4.69) is 10.6 Å². The fraction of sp³-hybridized carbons (Fsp3) is 0.395. The first-order valence-electron chi connectivity index (χ1n) is 17.1. The lowest BCUT2D eigenvalue weighted by Crippen LogP contribution is -2.45. The molecule has 0 saturated carbocycles. The minimum Gasteiger partial charge on any atom is -0.508 e. The number of carboxylic acids is 1. The van der Waals surface area contributed by atoms with Gasteiger partial charge in [-0.1, -0.05) is 69.9 Å². The van der Waals surface area contributed by atoms with E-state index >= 15 is 0 Å². The Labute approximate surface area is 306 Å². The third kappa shape index (κ3) is 9.85. The number of rotatable bonds is 18. The molecule has 11 nitrogen and oxygen atoms in total. The van der Waals surface area contributed by atoms with Crippen molar-refractivity contribution in [3.63, 3.8) is 0 Å². The van der Waals surface area contributed by atoms with Crippen molar-refractivity contribution in [2.24, 2.45) is 5.41 Å². The third-order valence-corrected chi connectivity index (χ3v) is 10.5. The number of nitrogens with zero attached hydrogens (tertiary/aromatic N) is 1. The van der Waals surface area contributed by atoms with Crippen LogP contribution < -0.4 is 20.3 Å². The Morgan fingerprint density at radius 2 is 1.63 bits per heavy atom. The summed E-state index contributed by atoms with van der Waals surface area (Å²) in [6, 6.07) is 17.5. The molecule has 1 atom stereocenters. The van der Waals surface area contributed by atoms with E-state index in [1.54, 1.807) is 11.0 Å². The van der Waals surface area contributed by atoms with Crippen LogP contribution in [0, 0.1) is 5.41 Å². The highest BCUT2D eigenvalue weighted by Crippen LogP contribution is 2.51. The Balaban J connectivity index is 1.63. The fourth-order valence-electron chi connectivity index (χ4n) is 5.87. The molecule has 0 spiro atoms. The zero-order chi connectivity index (χ0) is 37.0. The molecular formula is C38H45N3O8S2. The zero-order valence-electron chi connectivity index (χ0n) is 29.1. The molecule has 51 heavy (non-hydrogen) atoms. The molecule has 3 aromatic rings. The summed E-state index contributed by atoms with van der Waals surface area (Å²) in [6.45, 7) is 3.71. The molecule has 272 valence electrons. The molecular weight excluding hydrogens is 691 g/mol. The Morgan fingerprint density at radius 1 is 0.961 bits per heavy atom. The van der Waals surface area contributed by atoms with Crippen LogP contribution in [0.1, 0.15) is 76.8 Å². The number of phenolic OH excluding ortho intramolecular Hbond substituents is 1. The Hall–Kier alpha value is -4.49. The molecule has 1 aliphatic heterocycles. The van der Waals surface area contributed by atoms with Gasteiger partial charge in [-0.3, -0.25) is 28.9 Å². The topological polar surface area (TPSA) is 162 Å². The largest absolute Gasteiger partial charge is 0.508 e. The first-order chi connectivity index (χ1) is 24.5. The van der Waals surface area contributed by atoms with Gasteiger partial charge in [-0.25, -0.2) is 0 Å². The van der Waals surface area contributed by atoms with Gasteiger partial charge in [0.1, 0.15) is 23.0 Å². The van der Waals surface area contributed by atoms with Gasteiger partial charge in [0.05, 0.1) is 10.6 Å². The average molecular weight is 736 g/mol. The van der Waals surface area contributed by atoms with Crippen molar-refractivity contribution >= 4 is 63.7 Å². The van der Waals surface area contributed by atoms with Crippen LogP contribution in [0.15, 0.2) is 76.5 Å². The van der Waals surface area contributed by atoms with Gasteiger partial charge in [0.25, 0.3) is 5.91 Å². The summed E-state index contributed by atoms with van der Waals surface area (Å²) in [4.78, 5) is 69.0. The van der Waals surface area contributed by atoms with Gasteiger partial charge in [0.2, 0.25) is 16.9 Å². The number of ether oxygens (including phenoxy) is 1. The van der Waals surface area contributed by atoms with Crippen LogP contribution in [0.5, 0.6) is 11.5 Å². The molecule has 0 radical (unpaired) electrons. The van der Waals surface area contributed by atoms with Crippen LogP contribution >= 0.6 is 23.5 Å². The van der Waals surface area contributed by atoms with E-state index in [4.69, 9.17) is 9.84 Å². The molecule has 0 aliphatic carbocycles. The number of carbonyl (C=O) groups is 5. The minimum atomic E-state index is -1.20. The SMILES string of the molecule is CCCCC1(CCCC)C(=O)Sc2cc(OCC(=O)N[C@@H](C(=O)NCCCC(=O)O)c3ccc(O)cc3)c(SC)cc2N(c2ccccc2)C1=O. The summed E-state index contributed by atoms with van der Waals surface area (Å²) in [7, 11) is 0. The zero-order valence-corrected chi connectivity index (χ0v) is 30.7. The molecule has 0 bridgehead atoms. The maximum Gasteiger partial charge on any atom is 0.303 e. The van der Waals surface area contributed by atoms with Crippen molar-refractivity contribution in [1.82, 2.24) is 10.6 Å². The van der Waals surface area contributed by atoms with Crippen LogP contribution in [-0.2, 0) is 24.0 Å². The molecule has 0 fully saturated rings. The van der Waals surface area contributed by atoms with Gasteiger partial charge in [0.15, 0.2) is 6.61 Å². The van der Waals surface area contributed by atoms with Crippen LogP contribution in [0.4, 0.5) is 11.4 Å². The number of amides is 3.